The van der Waals surface area contributed by atoms with E-state index in [-0.39, 0.29) is 17.8 Å². The number of ether oxygens (including phenoxy) is 2. The fraction of sp³-hybridized carbons (Fsp3) is 0.444. The Kier molecular flexibility index (Phi) is 5.32. The zero-order valence-corrected chi connectivity index (χ0v) is 15.8. The van der Waals surface area contributed by atoms with Crippen molar-refractivity contribution in [3.8, 4) is 5.75 Å². The number of carbonyl (C=O) groups is 2. The number of carbonyl (C=O) groups excluding carboxylic acids is 2. The number of benzene rings is 1. The summed E-state index contributed by atoms with van der Waals surface area (Å²) in [6.45, 7) is 3.13. The van der Waals surface area contributed by atoms with Crippen molar-refractivity contribution >= 4 is 38.8 Å². The molecule has 1 atom stereocenters. The van der Waals surface area contributed by atoms with Gasteiger partial charge in [0.1, 0.15) is 11.3 Å². The first-order valence-electron chi connectivity index (χ1n) is 8.26. The molecular formula is C18H20BrNO5. The van der Waals surface area contributed by atoms with Crippen LogP contribution in [0.1, 0.15) is 30.1 Å². The molecule has 1 amide bonds. The van der Waals surface area contributed by atoms with E-state index in [0.29, 0.717) is 41.3 Å². The van der Waals surface area contributed by atoms with E-state index in [4.69, 9.17) is 13.9 Å². The lowest BCUT2D eigenvalue weighted by molar-refractivity contribution is -0.149. The van der Waals surface area contributed by atoms with Crippen molar-refractivity contribution in [2.45, 2.75) is 19.8 Å². The number of amides is 1. The van der Waals surface area contributed by atoms with Crippen LogP contribution in [0.25, 0.3) is 11.0 Å². The fourth-order valence-electron chi connectivity index (χ4n) is 3.16. The number of esters is 1. The average molecular weight is 410 g/mol. The summed E-state index contributed by atoms with van der Waals surface area (Å²) in [5.74, 6) is -0.0556. The number of rotatable bonds is 4. The molecule has 134 valence electrons. The van der Waals surface area contributed by atoms with Crippen molar-refractivity contribution in [1.82, 2.24) is 4.90 Å². The van der Waals surface area contributed by atoms with Gasteiger partial charge in [0, 0.05) is 24.7 Å². The number of furan rings is 1. The number of fused-ring (bicyclic) bond motifs is 1. The number of halogens is 1. The summed E-state index contributed by atoms with van der Waals surface area (Å²) in [4.78, 5) is 26.6. The first kappa shape index (κ1) is 17.8. The molecule has 0 spiro atoms. The maximum absolute atomic E-state index is 12.9. The van der Waals surface area contributed by atoms with E-state index in [1.165, 1.54) is 0 Å². The predicted octanol–water partition coefficient (Wildman–Crippen LogP) is 3.62. The van der Waals surface area contributed by atoms with E-state index >= 15 is 0 Å². The Morgan fingerprint density at radius 1 is 1.36 bits per heavy atom. The van der Waals surface area contributed by atoms with Crippen LogP contribution < -0.4 is 4.74 Å². The first-order valence-corrected chi connectivity index (χ1v) is 9.05. The van der Waals surface area contributed by atoms with Gasteiger partial charge in [0.2, 0.25) is 0 Å². The predicted molar refractivity (Wildman–Crippen MR) is 95.7 cm³/mol. The van der Waals surface area contributed by atoms with Crippen molar-refractivity contribution in [3.05, 3.63) is 28.4 Å². The van der Waals surface area contributed by atoms with Crippen LogP contribution >= 0.6 is 15.9 Å². The minimum absolute atomic E-state index is 0.137. The molecule has 6 nitrogen and oxygen atoms in total. The average Bonchev–Trinajstić information content (AvgIpc) is 3.00. The third kappa shape index (κ3) is 3.66. The van der Waals surface area contributed by atoms with Gasteiger partial charge < -0.3 is 18.8 Å². The molecule has 1 aliphatic rings. The maximum atomic E-state index is 12.9. The molecule has 3 rings (SSSR count). The summed E-state index contributed by atoms with van der Waals surface area (Å²) in [7, 11) is 1.56. The van der Waals surface area contributed by atoms with Crippen molar-refractivity contribution in [1.29, 1.82) is 0 Å². The molecule has 1 saturated heterocycles. The van der Waals surface area contributed by atoms with E-state index in [2.05, 4.69) is 15.9 Å². The molecule has 0 aliphatic carbocycles. The molecule has 2 aromatic rings. The van der Waals surface area contributed by atoms with Crippen LogP contribution in [0.3, 0.4) is 0 Å². The highest BCUT2D eigenvalue weighted by atomic mass is 79.9. The smallest absolute Gasteiger partial charge is 0.310 e. The second-order valence-corrected chi connectivity index (χ2v) is 6.76. The highest BCUT2D eigenvalue weighted by molar-refractivity contribution is 9.10. The van der Waals surface area contributed by atoms with Gasteiger partial charge in [-0.05, 0) is 47.8 Å². The zero-order chi connectivity index (χ0) is 18.0. The Bertz CT molecular complexity index is 800. The van der Waals surface area contributed by atoms with Crippen LogP contribution in [0.15, 0.2) is 27.3 Å². The Morgan fingerprint density at radius 3 is 2.88 bits per heavy atom. The minimum Gasteiger partial charge on any atom is -0.496 e. The van der Waals surface area contributed by atoms with Crippen LogP contribution in [-0.2, 0) is 9.53 Å². The van der Waals surface area contributed by atoms with Crippen molar-refractivity contribution in [2.24, 2.45) is 5.92 Å². The van der Waals surface area contributed by atoms with E-state index < -0.39 is 0 Å². The van der Waals surface area contributed by atoms with Gasteiger partial charge in [-0.25, -0.2) is 0 Å². The normalized spacial score (nSPS) is 17.6. The first-order chi connectivity index (χ1) is 12.0. The van der Waals surface area contributed by atoms with Gasteiger partial charge in [-0.1, -0.05) is 0 Å². The lowest BCUT2D eigenvalue weighted by Crippen LogP contribution is -2.42. The van der Waals surface area contributed by atoms with Crippen LogP contribution in [-0.4, -0.2) is 43.6 Å². The van der Waals surface area contributed by atoms with Crippen LogP contribution in [0.4, 0.5) is 0 Å². The molecule has 0 saturated carbocycles. The maximum Gasteiger partial charge on any atom is 0.310 e. The minimum atomic E-state index is -0.263. The molecule has 25 heavy (non-hydrogen) atoms. The van der Waals surface area contributed by atoms with Gasteiger partial charge in [0.25, 0.3) is 5.91 Å². The molecule has 0 bridgehead atoms. The van der Waals surface area contributed by atoms with Crippen molar-refractivity contribution < 1.29 is 23.5 Å². The number of nitrogens with zero attached hydrogens (tertiary/aromatic N) is 1. The molecule has 0 N–H and O–H groups in total. The SMILES string of the molecule is CCOC(=O)C1CCCN(C(=O)c2cc(OC)c3cc(Br)oc3c2)C1. The summed E-state index contributed by atoms with van der Waals surface area (Å²) >= 11 is 3.30. The van der Waals surface area contributed by atoms with Gasteiger partial charge >= 0.3 is 5.97 Å². The number of piperidine rings is 1. The van der Waals surface area contributed by atoms with Crippen molar-refractivity contribution in [2.75, 3.05) is 26.8 Å². The van der Waals surface area contributed by atoms with Gasteiger partial charge in [0.05, 0.1) is 25.0 Å². The number of hydrogen-bond donors (Lipinski definition) is 0. The third-order valence-electron chi connectivity index (χ3n) is 4.36. The molecule has 7 heteroatoms. The second kappa shape index (κ2) is 7.47. The Hall–Kier alpha value is -2.02. The molecule has 1 aromatic carbocycles. The summed E-state index contributed by atoms with van der Waals surface area (Å²) in [6, 6.07) is 5.22. The second-order valence-electron chi connectivity index (χ2n) is 5.98. The standard InChI is InChI=1S/C18H20BrNO5/c1-3-24-18(22)11-5-4-6-20(10-11)17(21)12-7-14(23-2)13-9-16(19)25-15(13)8-12/h7-9,11H,3-6,10H2,1-2H3. The number of likely N-dealkylation sites (tertiary alicyclic amines) is 1. The number of hydrogen-bond acceptors (Lipinski definition) is 5. The number of methoxy groups -OCH3 is 1. The van der Waals surface area contributed by atoms with E-state index in [1.54, 1.807) is 37.1 Å². The summed E-state index contributed by atoms with van der Waals surface area (Å²) in [5.41, 5.74) is 1.06. The van der Waals surface area contributed by atoms with Crippen LogP contribution in [0.2, 0.25) is 0 Å². The van der Waals surface area contributed by atoms with Gasteiger partial charge in [-0.3, -0.25) is 9.59 Å². The quantitative estimate of drug-likeness (QED) is 0.721. The lowest BCUT2D eigenvalue weighted by atomic mass is 9.97. The van der Waals surface area contributed by atoms with E-state index in [0.717, 1.165) is 18.2 Å². The van der Waals surface area contributed by atoms with E-state index in [9.17, 15) is 9.59 Å². The third-order valence-corrected chi connectivity index (χ3v) is 4.76. The van der Waals surface area contributed by atoms with Crippen LogP contribution in [0.5, 0.6) is 5.75 Å². The fourth-order valence-corrected chi connectivity index (χ4v) is 3.57. The molecule has 1 aliphatic heterocycles. The van der Waals surface area contributed by atoms with Crippen LogP contribution in [0, 0.1) is 5.92 Å². The molecule has 2 heterocycles. The summed E-state index contributed by atoms with van der Waals surface area (Å²) in [5, 5.41) is 0.800. The van der Waals surface area contributed by atoms with E-state index in [1.807, 2.05) is 0 Å². The molecular weight excluding hydrogens is 390 g/mol. The zero-order valence-electron chi connectivity index (χ0n) is 14.2. The molecule has 1 fully saturated rings. The largest absolute Gasteiger partial charge is 0.496 e. The highest BCUT2D eigenvalue weighted by Crippen LogP contribution is 2.33. The molecule has 1 unspecified atom stereocenters. The summed E-state index contributed by atoms with van der Waals surface area (Å²) < 4.78 is 16.6. The lowest BCUT2D eigenvalue weighted by Gasteiger charge is -2.31. The van der Waals surface area contributed by atoms with Gasteiger partial charge in [-0.15, -0.1) is 0 Å². The monoisotopic (exact) mass is 409 g/mol. The summed E-state index contributed by atoms with van der Waals surface area (Å²) in [6.07, 6.45) is 1.52. The Labute approximate surface area is 154 Å². The Balaban J connectivity index is 1.84. The Morgan fingerprint density at radius 2 is 2.16 bits per heavy atom. The highest BCUT2D eigenvalue weighted by Gasteiger charge is 2.30. The van der Waals surface area contributed by atoms with Crippen molar-refractivity contribution in [3.63, 3.8) is 0 Å². The molecule has 1 aromatic heterocycles. The molecule has 0 radical (unpaired) electrons. The topological polar surface area (TPSA) is 69.0 Å². The van der Waals surface area contributed by atoms with Gasteiger partial charge in [0.15, 0.2) is 4.67 Å². The van der Waals surface area contributed by atoms with Gasteiger partial charge in [-0.2, -0.15) is 0 Å².